The van der Waals surface area contributed by atoms with E-state index in [1.807, 2.05) is 19.1 Å². The molecule has 0 aliphatic rings. The second-order valence-corrected chi connectivity index (χ2v) is 5.72. The number of carbonyl (C=O) groups excluding carboxylic acids is 1. The summed E-state index contributed by atoms with van der Waals surface area (Å²) in [4.78, 5) is 24.1. The maximum Gasteiger partial charge on any atom is 0.327 e. The first kappa shape index (κ1) is 16.2. The van der Waals surface area contributed by atoms with E-state index in [1.54, 1.807) is 26.8 Å². The van der Waals surface area contributed by atoms with Gasteiger partial charge in [0, 0.05) is 5.39 Å². The third-order valence-corrected chi connectivity index (χ3v) is 3.28. The Morgan fingerprint density at radius 3 is 2.64 bits per heavy atom. The smallest absolute Gasteiger partial charge is 0.327 e. The first-order valence-corrected chi connectivity index (χ1v) is 7.14. The number of esters is 1. The predicted molar refractivity (Wildman–Crippen MR) is 82.6 cm³/mol. The number of nitrogens with zero attached hydrogens (tertiary/aromatic N) is 2. The van der Waals surface area contributed by atoms with Crippen LogP contribution in [-0.4, -0.2) is 27.5 Å². The van der Waals surface area contributed by atoms with Gasteiger partial charge in [-0.2, -0.15) is 5.10 Å². The van der Waals surface area contributed by atoms with Gasteiger partial charge in [-0.1, -0.05) is 11.6 Å². The first-order valence-electron chi connectivity index (χ1n) is 7.14. The molecule has 0 aliphatic carbocycles. The Labute approximate surface area is 128 Å². The van der Waals surface area contributed by atoms with Crippen molar-refractivity contribution in [1.82, 2.24) is 9.78 Å². The molecule has 118 valence electrons. The fraction of sp³-hybridized carbons (Fsp3) is 0.438. The highest BCUT2D eigenvalue weighted by Gasteiger charge is 2.24. The van der Waals surface area contributed by atoms with E-state index in [-0.39, 0.29) is 18.7 Å². The Morgan fingerprint density at radius 2 is 2.05 bits per heavy atom. The quantitative estimate of drug-likeness (QED) is 0.866. The number of benzene rings is 1. The third-order valence-electron chi connectivity index (χ3n) is 3.28. The average molecular weight is 304 g/mol. The lowest BCUT2D eigenvalue weighted by atomic mass is 9.98. The highest BCUT2D eigenvalue weighted by Crippen LogP contribution is 2.25. The van der Waals surface area contributed by atoms with Crippen molar-refractivity contribution >= 4 is 16.7 Å². The molecule has 0 spiro atoms. The van der Waals surface area contributed by atoms with E-state index >= 15 is 0 Å². The van der Waals surface area contributed by atoms with Crippen molar-refractivity contribution in [3.05, 3.63) is 39.8 Å². The summed E-state index contributed by atoms with van der Waals surface area (Å²) in [6.07, 6.45) is 0. The SMILES string of the molecule is CCOC(=O)Cn1nc(C(C)(C)O)c2cc(C)ccc2c1=O. The van der Waals surface area contributed by atoms with Gasteiger partial charge >= 0.3 is 5.97 Å². The lowest BCUT2D eigenvalue weighted by molar-refractivity contribution is -0.144. The maximum atomic E-state index is 12.5. The van der Waals surface area contributed by atoms with Crippen LogP contribution in [0.4, 0.5) is 0 Å². The van der Waals surface area contributed by atoms with Gasteiger partial charge in [0.1, 0.15) is 17.8 Å². The molecular formula is C16H20N2O4. The lowest BCUT2D eigenvalue weighted by Gasteiger charge is -2.20. The normalized spacial score (nSPS) is 11.7. The van der Waals surface area contributed by atoms with E-state index in [2.05, 4.69) is 5.10 Å². The van der Waals surface area contributed by atoms with Gasteiger partial charge in [0.15, 0.2) is 0 Å². The molecule has 0 unspecified atom stereocenters. The standard InChI is InChI=1S/C16H20N2O4/c1-5-22-13(19)9-18-15(20)11-7-6-10(2)8-12(11)14(17-18)16(3,4)21/h6-8,21H,5,9H2,1-4H3. The average Bonchev–Trinajstić information content (AvgIpc) is 2.40. The predicted octanol–water partition coefficient (Wildman–Crippen LogP) is 1.50. The van der Waals surface area contributed by atoms with Gasteiger partial charge in [0.2, 0.25) is 0 Å². The van der Waals surface area contributed by atoms with Crippen molar-refractivity contribution in [2.24, 2.45) is 0 Å². The molecule has 1 heterocycles. The molecule has 22 heavy (non-hydrogen) atoms. The fourth-order valence-electron chi connectivity index (χ4n) is 2.29. The Kier molecular flexibility index (Phi) is 4.32. The van der Waals surface area contributed by atoms with Crippen molar-refractivity contribution in [1.29, 1.82) is 0 Å². The van der Waals surface area contributed by atoms with Crippen molar-refractivity contribution in [3.63, 3.8) is 0 Å². The van der Waals surface area contributed by atoms with Crippen LogP contribution in [-0.2, 0) is 21.7 Å². The zero-order valence-electron chi connectivity index (χ0n) is 13.2. The van der Waals surface area contributed by atoms with Gasteiger partial charge in [0.25, 0.3) is 5.56 Å². The minimum atomic E-state index is -1.24. The van der Waals surface area contributed by atoms with Gasteiger partial charge < -0.3 is 9.84 Å². The van der Waals surface area contributed by atoms with Gasteiger partial charge in [-0.25, -0.2) is 4.68 Å². The number of fused-ring (bicyclic) bond motifs is 1. The van der Waals surface area contributed by atoms with Crippen LogP contribution in [0.5, 0.6) is 0 Å². The summed E-state index contributed by atoms with van der Waals surface area (Å²) in [5.74, 6) is -0.537. The summed E-state index contributed by atoms with van der Waals surface area (Å²) in [6.45, 7) is 6.74. The van der Waals surface area contributed by atoms with Gasteiger partial charge in [-0.05, 0) is 39.8 Å². The third kappa shape index (κ3) is 3.17. The van der Waals surface area contributed by atoms with E-state index in [0.717, 1.165) is 10.2 Å². The summed E-state index contributed by atoms with van der Waals surface area (Å²) in [7, 11) is 0. The molecular weight excluding hydrogens is 284 g/mol. The Hall–Kier alpha value is -2.21. The first-order chi connectivity index (χ1) is 10.2. The monoisotopic (exact) mass is 304 g/mol. The number of aliphatic hydroxyl groups is 1. The van der Waals surface area contributed by atoms with E-state index in [4.69, 9.17) is 4.74 Å². The highest BCUT2D eigenvalue weighted by atomic mass is 16.5. The Morgan fingerprint density at radius 1 is 1.36 bits per heavy atom. The molecule has 2 rings (SSSR count). The summed E-state index contributed by atoms with van der Waals surface area (Å²) in [5.41, 5.74) is -0.302. The second kappa shape index (κ2) is 5.88. The summed E-state index contributed by atoms with van der Waals surface area (Å²) in [6, 6.07) is 5.31. The fourth-order valence-corrected chi connectivity index (χ4v) is 2.29. The maximum absolute atomic E-state index is 12.5. The Bertz CT molecular complexity index is 772. The van der Waals surface area contributed by atoms with Crippen LogP contribution < -0.4 is 5.56 Å². The molecule has 0 bridgehead atoms. The lowest BCUT2D eigenvalue weighted by Crippen LogP contribution is -2.32. The van der Waals surface area contributed by atoms with E-state index < -0.39 is 11.6 Å². The molecule has 0 saturated carbocycles. The van der Waals surface area contributed by atoms with Crippen LogP contribution in [0, 0.1) is 6.92 Å². The van der Waals surface area contributed by atoms with Crippen molar-refractivity contribution in [2.45, 2.75) is 39.8 Å². The number of hydrogen-bond donors (Lipinski definition) is 1. The van der Waals surface area contributed by atoms with Crippen LogP contribution in [0.15, 0.2) is 23.0 Å². The molecule has 0 amide bonds. The minimum absolute atomic E-state index is 0.235. The molecule has 1 aromatic heterocycles. The molecule has 0 radical (unpaired) electrons. The largest absolute Gasteiger partial charge is 0.465 e. The van der Waals surface area contributed by atoms with Gasteiger partial charge in [-0.15, -0.1) is 0 Å². The number of hydrogen-bond acceptors (Lipinski definition) is 5. The molecule has 1 N–H and O–H groups in total. The zero-order valence-corrected chi connectivity index (χ0v) is 13.2. The Balaban J connectivity index is 2.70. The van der Waals surface area contributed by atoms with Crippen molar-refractivity contribution in [2.75, 3.05) is 6.61 Å². The van der Waals surface area contributed by atoms with E-state index in [9.17, 15) is 14.7 Å². The molecule has 0 saturated heterocycles. The number of rotatable bonds is 4. The molecule has 2 aromatic rings. The number of aromatic nitrogens is 2. The van der Waals surface area contributed by atoms with E-state index in [1.165, 1.54) is 0 Å². The van der Waals surface area contributed by atoms with Crippen LogP contribution in [0.25, 0.3) is 10.8 Å². The second-order valence-electron chi connectivity index (χ2n) is 5.72. The van der Waals surface area contributed by atoms with Crippen LogP contribution >= 0.6 is 0 Å². The van der Waals surface area contributed by atoms with Crippen molar-refractivity contribution in [3.8, 4) is 0 Å². The summed E-state index contributed by atoms with van der Waals surface area (Å²) in [5, 5.41) is 15.5. The molecule has 0 fully saturated rings. The minimum Gasteiger partial charge on any atom is -0.465 e. The van der Waals surface area contributed by atoms with Crippen LogP contribution in [0.3, 0.4) is 0 Å². The molecule has 6 heteroatoms. The molecule has 6 nitrogen and oxygen atoms in total. The van der Waals surface area contributed by atoms with Gasteiger partial charge in [0.05, 0.1) is 12.0 Å². The molecule has 1 aromatic carbocycles. The number of carbonyl (C=O) groups is 1. The van der Waals surface area contributed by atoms with Crippen molar-refractivity contribution < 1.29 is 14.6 Å². The topological polar surface area (TPSA) is 81.4 Å². The number of aryl methyl sites for hydroxylation is 1. The molecule has 0 aliphatic heterocycles. The summed E-state index contributed by atoms with van der Waals surface area (Å²) >= 11 is 0. The highest BCUT2D eigenvalue weighted by molar-refractivity contribution is 5.85. The van der Waals surface area contributed by atoms with Gasteiger partial charge in [-0.3, -0.25) is 9.59 Å². The van der Waals surface area contributed by atoms with Crippen LogP contribution in [0.2, 0.25) is 0 Å². The molecule has 0 atom stereocenters. The van der Waals surface area contributed by atoms with Crippen LogP contribution in [0.1, 0.15) is 32.0 Å². The zero-order chi connectivity index (χ0) is 16.5. The number of ether oxygens (including phenoxy) is 1. The van der Waals surface area contributed by atoms with E-state index in [0.29, 0.717) is 16.5 Å². The summed E-state index contributed by atoms with van der Waals surface area (Å²) < 4.78 is 5.90.